The van der Waals surface area contributed by atoms with Crippen molar-refractivity contribution in [3.8, 4) is 34.3 Å². The second-order valence-corrected chi connectivity index (χ2v) is 14.2. The van der Waals surface area contributed by atoms with Gasteiger partial charge in [0.2, 0.25) is 17.8 Å². The van der Waals surface area contributed by atoms with Crippen LogP contribution in [0.4, 0.5) is 34.9 Å². The van der Waals surface area contributed by atoms with Crippen LogP contribution in [0.15, 0.2) is 109 Å². The number of anilines is 6. The highest BCUT2D eigenvalue weighted by Gasteiger charge is 2.20. The molecule has 6 N–H and O–H groups in total. The van der Waals surface area contributed by atoms with Crippen molar-refractivity contribution in [1.82, 2.24) is 59.9 Å². The summed E-state index contributed by atoms with van der Waals surface area (Å²) in [5, 5.41) is 71.6. The maximum Gasteiger partial charge on any atom is 0.233 e. The zero-order valence-corrected chi connectivity index (χ0v) is 32.1. The molecular weight excluding hydrogens is 763 g/mol. The van der Waals surface area contributed by atoms with Gasteiger partial charge in [0.05, 0.1) is 17.1 Å². The van der Waals surface area contributed by atoms with Gasteiger partial charge >= 0.3 is 0 Å². The van der Waals surface area contributed by atoms with Gasteiger partial charge in [-0.05, 0) is 110 Å². The van der Waals surface area contributed by atoms with E-state index in [-0.39, 0.29) is 52.2 Å². The molecule has 18 heteroatoms. The number of aromatic hydroxyl groups is 3. The van der Waals surface area contributed by atoms with Crippen LogP contribution in [0.3, 0.4) is 0 Å². The Balaban J connectivity index is 1.06. The molecule has 0 aliphatic carbocycles. The summed E-state index contributed by atoms with van der Waals surface area (Å²) in [4.78, 5) is 18.0. The molecule has 0 aliphatic rings. The molecule has 0 unspecified atom stereocenters. The van der Waals surface area contributed by atoms with Crippen molar-refractivity contribution in [1.29, 1.82) is 0 Å². The van der Waals surface area contributed by atoms with Crippen molar-refractivity contribution in [3.63, 3.8) is 0 Å². The molecule has 0 saturated carbocycles. The van der Waals surface area contributed by atoms with Crippen LogP contribution in [0.2, 0.25) is 0 Å². The molecule has 4 heterocycles. The Morgan fingerprint density at radius 1 is 0.367 bits per heavy atom. The van der Waals surface area contributed by atoms with E-state index in [1.165, 1.54) is 14.4 Å². The minimum absolute atomic E-state index is 0.000142. The van der Waals surface area contributed by atoms with Gasteiger partial charge in [0, 0.05) is 0 Å². The molecule has 0 spiro atoms. The molecule has 18 nitrogen and oxygen atoms in total. The molecule has 10 rings (SSSR count). The lowest BCUT2D eigenvalue weighted by Crippen LogP contribution is -2.09. The summed E-state index contributed by atoms with van der Waals surface area (Å²) in [5.74, 6) is -0.484. The fourth-order valence-corrected chi connectivity index (χ4v) is 6.83. The highest BCUT2D eigenvalue weighted by atomic mass is 16.3. The maximum atomic E-state index is 11.6. The Hall–Kier alpha value is -8.67. The number of nitrogens with one attached hydrogen (secondary N) is 3. The number of nitrogens with zero attached hydrogens (tertiary/aromatic N) is 12. The largest absolute Gasteiger partial charge is 0.504 e. The number of phenols is 3. The summed E-state index contributed by atoms with van der Waals surface area (Å²) in [6, 6.07) is 32.7. The van der Waals surface area contributed by atoms with Gasteiger partial charge in [-0.3, -0.25) is 0 Å². The standard InChI is InChI=1S/C42H33N15O3/c1-22-16-31(37(58)34(19-22)55-49-25-10-4-5-11-26(25)50-55)43-40-46-41(44-32-17-23(2)20-35(38(32)59)56-51-27-12-6-7-13-28(27)52-56)48-42(47-40)45-33-18-24(3)21-36(39(33)60)57-53-29-14-8-9-15-30(29)54-57/h4-21,58-60H,1-3H3,(H3,43,44,45,46,47,48). The Labute approximate surface area is 339 Å². The van der Waals surface area contributed by atoms with Crippen LogP contribution in [-0.4, -0.2) is 75.3 Å². The van der Waals surface area contributed by atoms with E-state index in [1.807, 2.05) is 93.6 Å². The third-order valence-electron chi connectivity index (χ3n) is 9.58. The third kappa shape index (κ3) is 6.58. The molecule has 0 radical (unpaired) electrons. The molecule has 0 amide bonds. The van der Waals surface area contributed by atoms with E-state index in [0.29, 0.717) is 50.2 Å². The van der Waals surface area contributed by atoms with Gasteiger partial charge in [0.25, 0.3) is 0 Å². The fraction of sp³-hybridized carbons (Fsp3) is 0.0714. The second-order valence-electron chi connectivity index (χ2n) is 14.2. The lowest BCUT2D eigenvalue weighted by Gasteiger charge is -2.16. The minimum Gasteiger partial charge on any atom is -0.504 e. The number of fused-ring (bicyclic) bond motifs is 3. The summed E-state index contributed by atoms with van der Waals surface area (Å²) in [6.45, 7) is 5.61. The molecule has 60 heavy (non-hydrogen) atoms. The lowest BCUT2D eigenvalue weighted by molar-refractivity contribution is 0.469. The molecule has 4 aromatic heterocycles. The van der Waals surface area contributed by atoms with Crippen molar-refractivity contribution in [2.45, 2.75) is 20.8 Å². The zero-order chi connectivity index (χ0) is 41.1. The van der Waals surface area contributed by atoms with Crippen LogP contribution in [0.5, 0.6) is 17.2 Å². The van der Waals surface area contributed by atoms with Crippen molar-refractivity contribution >= 4 is 68.0 Å². The molecule has 0 fully saturated rings. The first-order valence-electron chi connectivity index (χ1n) is 18.7. The van der Waals surface area contributed by atoms with Crippen LogP contribution < -0.4 is 16.0 Å². The number of aromatic nitrogens is 12. The fourth-order valence-electron chi connectivity index (χ4n) is 6.83. The predicted octanol–water partition coefficient (Wildman–Crippen LogP) is 7.35. The number of benzene rings is 6. The van der Waals surface area contributed by atoms with Crippen molar-refractivity contribution < 1.29 is 15.3 Å². The highest BCUT2D eigenvalue weighted by Crippen LogP contribution is 2.38. The summed E-state index contributed by atoms with van der Waals surface area (Å²) < 4.78 is 0. The molecule has 6 aromatic carbocycles. The van der Waals surface area contributed by atoms with E-state index in [9.17, 15) is 15.3 Å². The normalized spacial score (nSPS) is 11.4. The summed E-state index contributed by atoms with van der Waals surface area (Å²) in [6.07, 6.45) is 0. The van der Waals surface area contributed by atoms with E-state index in [4.69, 9.17) is 0 Å². The number of hydrogen-bond donors (Lipinski definition) is 6. The van der Waals surface area contributed by atoms with Crippen molar-refractivity contribution in [2.75, 3.05) is 16.0 Å². The first kappa shape index (κ1) is 35.7. The Bertz CT molecular complexity index is 2840. The third-order valence-corrected chi connectivity index (χ3v) is 9.58. The number of hydrogen-bond acceptors (Lipinski definition) is 15. The van der Waals surface area contributed by atoms with E-state index in [0.717, 1.165) is 16.7 Å². The summed E-state index contributed by atoms with van der Waals surface area (Å²) in [7, 11) is 0. The average molecular weight is 796 g/mol. The van der Waals surface area contributed by atoms with Gasteiger partial charge in [-0.2, -0.15) is 15.0 Å². The number of aryl methyl sites for hydroxylation is 3. The van der Waals surface area contributed by atoms with Gasteiger partial charge in [-0.25, -0.2) is 0 Å². The van der Waals surface area contributed by atoms with Gasteiger partial charge < -0.3 is 31.3 Å². The predicted molar refractivity (Wildman–Crippen MR) is 225 cm³/mol. The van der Waals surface area contributed by atoms with Gasteiger partial charge in [0.15, 0.2) is 17.2 Å². The minimum atomic E-state index is -0.162. The topological polar surface area (TPSA) is 228 Å². The van der Waals surface area contributed by atoms with E-state index >= 15 is 0 Å². The molecule has 0 atom stereocenters. The second kappa shape index (κ2) is 14.1. The monoisotopic (exact) mass is 795 g/mol. The molecule has 294 valence electrons. The van der Waals surface area contributed by atoms with Crippen LogP contribution >= 0.6 is 0 Å². The molecule has 0 bridgehead atoms. The average Bonchev–Trinajstić information content (AvgIpc) is 3.98. The molecule has 0 saturated heterocycles. The molecule has 0 aliphatic heterocycles. The van der Waals surface area contributed by atoms with Crippen molar-refractivity contribution in [3.05, 3.63) is 126 Å². The van der Waals surface area contributed by atoms with Crippen LogP contribution in [-0.2, 0) is 0 Å². The summed E-state index contributed by atoms with van der Waals surface area (Å²) >= 11 is 0. The maximum absolute atomic E-state index is 11.6. The Morgan fingerprint density at radius 3 is 0.833 bits per heavy atom. The first-order valence-corrected chi connectivity index (χ1v) is 18.7. The molecular formula is C42H33N15O3. The first-order chi connectivity index (χ1) is 29.1. The number of phenolic OH excluding ortho intramolecular Hbond substituents is 3. The van der Waals surface area contributed by atoms with E-state index < -0.39 is 0 Å². The van der Waals surface area contributed by atoms with Gasteiger partial charge in [-0.1, -0.05) is 36.4 Å². The Kier molecular flexibility index (Phi) is 8.37. The SMILES string of the molecule is Cc1cc(Nc2nc(Nc3cc(C)cc(-n4nc5ccccc5n4)c3O)nc(Nc3cc(C)cc(-n4nc5ccccc5n4)c3O)n2)c(O)c(-n2nc3ccccc3n2)c1. The van der Waals surface area contributed by atoms with Gasteiger partial charge in [-0.15, -0.1) is 45.0 Å². The van der Waals surface area contributed by atoms with Crippen LogP contribution in [0, 0.1) is 20.8 Å². The van der Waals surface area contributed by atoms with E-state index in [2.05, 4.69) is 61.5 Å². The van der Waals surface area contributed by atoms with Crippen LogP contribution in [0.1, 0.15) is 16.7 Å². The highest BCUT2D eigenvalue weighted by molar-refractivity contribution is 5.79. The smallest absolute Gasteiger partial charge is 0.233 e. The lowest BCUT2D eigenvalue weighted by atomic mass is 10.1. The van der Waals surface area contributed by atoms with Crippen molar-refractivity contribution in [2.24, 2.45) is 0 Å². The molecule has 10 aromatic rings. The van der Waals surface area contributed by atoms with Gasteiger partial charge in [0.1, 0.15) is 50.2 Å². The zero-order valence-electron chi connectivity index (χ0n) is 32.1. The number of rotatable bonds is 9. The van der Waals surface area contributed by atoms with Crippen LogP contribution in [0.25, 0.3) is 50.2 Å². The quantitative estimate of drug-likeness (QED) is 0.0785. The summed E-state index contributed by atoms with van der Waals surface area (Å²) in [5.41, 5.74) is 8.07. The van der Waals surface area contributed by atoms with E-state index in [1.54, 1.807) is 36.4 Å². The Morgan fingerprint density at radius 2 is 0.600 bits per heavy atom.